The third kappa shape index (κ3) is 2.16. The second-order valence-corrected chi connectivity index (χ2v) is 5.46. The van der Waals surface area contributed by atoms with Crippen LogP contribution in [0.1, 0.15) is 19.8 Å². The molecule has 3 rings (SSSR count). The number of hydrazine groups is 1. The van der Waals surface area contributed by atoms with E-state index in [1.165, 1.54) is 6.92 Å². The van der Waals surface area contributed by atoms with Gasteiger partial charge in [0.25, 0.3) is 0 Å². The first-order valence-corrected chi connectivity index (χ1v) is 6.76. The van der Waals surface area contributed by atoms with Crippen LogP contribution in [-0.2, 0) is 9.59 Å². The van der Waals surface area contributed by atoms with Crippen LogP contribution < -0.4 is 5.43 Å². The lowest BCUT2D eigenvalue weighted by Gasteiger charge is -2.45. The van der Waals surface area contributed by atoms with Crippen molar-refractivity contribution in [2.24, 2.45) is 4.99 Å². The number of fused-ring (bicyclic) bond motifs is 3. The second kappa shape index (κ2) is 4.86. The number of ketones is 1. The number of dihydropyridines is 1. The van der Waals surface area contributed by atoms with Gasteiger partial charge in [-0.25, -0.2) is 0 Å². The van der Waals surface area contributed by atoms with Crippen molar-refractivity contribution in [2.75, 3.05) is 13.6 Å². The first-order valence-electron chi connectivity index (χ1n) is 6.76. The highest BCUT2D eigenvalue weighted by Crippen LogP contribution is 2.35. The van der Waals surface area contributed by atoms with E-state index >= 15 is 0 Å². The second-order valence-electron chi connectivity index (χ2n) is 5.46. The van der Waals surface area contributed by atoms with Crippen LogP contribution in [0.15, 0.2) is 28.4 Å². The number of carbonyl (C=O) groups is 2. The fraction of sp³-hybridized carbons (Fsp3) is 0.500. The van der Waals surface area contributed by atoms with E-state index in [-0.39, 0.29) is 23.9 Å². The van der Waals surface area contributed by atoms with E-state index in [1.807, 2.05) is 19.5 Å². The molecular weight excluding hydrogens is 256 g/mol. The van der Waals surface area contributed by atoms with Crippen LogP contribution in [0.2, 0.25) is 0 Å². The number of nitrogens with one attached hydrogen (secondary N) is 1. The number of aliphatic imine (C=N–C) groups is 1. The smallest absolute Gasteiger partial charge is 0.235 e. The van der Waals surface area contributed by atoms with Gasteiger partial charge in [0.05, 0.1) is 12.6 Å². The summed E-state index contributed by atoms with van der Waals surface area (Å²) in [6.45, 7) is 1.94. The minimum absolute atomic E-state index is 0.125. The summed E-state index contributed by atoms with van der Waals surface area (Å²) in [6, 6.07) is 0.125. The highest BCUT2D eigenvalue weighted by Gasteiger charge is 2.40. The minimum Gasteiger partial charge on any atom is -0.298 e. The van der Waals surface area contributed by atoms with E-state index in [9.17, 15) is 9.59 Å². The maximum atomic E-state index is 11.8. The van der Waals surface area contributed by atoms with Crippen LogP contribution in [0.25, 0.3) is 0 Å². The van der Waals surface area contributed by atoms with E-state index in [1.54, 1.807) is 5.01 Å². The monoisotopic (exact) mass is 274 g/mol. The number of Topliss-reactive ketones (excluding diaryl/α,β-unsaturated/α-hetero) is 1. The molecule has 0 aromatic rings. The van der Waals surface area contributed by atoms with Gasteiger partial charge in [-0.1, -0.05) is 6.08 Å². The van der Waals surface area contributed by atoms with Gasteiger partial charge in [-0.15, -0.1) is 0 Å². The van der Waals surface area contributed by atoms with E-state index in [0.717, 1.165) is 17.6 Å². The van der Waals surface area contributed by atoms with Gasteiger partial charge in [0, 0.05) is 32.2 Å². The number of likely N-dealkylation sites (N-methyl/N-ethyl adjacent to an activating group) is 1. The normalized spacial score (nSPS) is 29.3. The van der Waals surface area contributed by atoms with Gasteiger partial charge >= 0.3 is 0 Å². The summed E-state index contributed by atoms with van der Waals surface area (Å²) in [5, 5.41) is 1.71. The van der Waals surface area contributed by atoms with Crippen LogP contribution in [0.3, 0.4) is 0 Å². The predicted molar refractivity (Wildman–Crippen MR) is 74.8 cm³/mol. The fourth-order valence-electron chi connectivity index (χ4n) is 3.17. The van der Waals surface area contributed by atoms with E-state index < -0.39 is 0 Å². The Kier molecular flexibility index (Phi) is 3.17. The van der Waals surface area contributed by atoms with Gasteiger partial charge in [0.1, 0.15) is 0 Å². The highest BCUT2D eigenvalue weighted by molar-refractivity contribution is 5.85. The molecule has 106 valence electrons. The molecule has 1 saturated heterocycles. The van der Waals surface area contributed by atoms with Gasteiger partial charge in [-0.2, -0.15) is 0 Å². The Morgan fingerprint density at radius 3 is 3.05 bits per heavy atom. The van der Waals surface area contributed by atoms with Crippen molar-refractivity contribution in [2.45, 2.75) is 32.0 Å². The molecule has 1 fully saturated rings. The van der Waals surface area contributed by atoms with Crippen molar-refractivity contribution >= 4 is 17.9 Å². The van der Waals surface area contributed by atoms with Crippen LogP contribution >= 0.6 is 0 Å². The number of piperidine rings is 1. The van der Waals surface area contributed by atoms with Gasteiger partial charge in [-0.05, 0) is 18.2 Å². The molecule has 0 aromatic carbocycles. The number of allylic oxidation sites excluding steroid dienone is 1. The van der Waals surface area contributed by atoms with Crippen molar-refractivity contribution in [1.29, 1.82) is 0 Å². The quantitative estimate of drug-likeness (QED) is 0.696. The van der Waals surface area contributed by atoms with Crippen LogP contribution in [0.4, 0.5) is 0 Å². The third-order valence-corrected chi connectivity index (χ3v) is 3.79. The molecule has 20 heavy (non-hydrogen) atoms. The Bertz CT molecular complexity index is 549. The van der Waals surface area contributed by atoms with Crippen LogP contribution in [-0.4, -0.2) is 53.6 Å². The minimum atomic E-state index is -0.197. The first-order chi connectivity index (χ1) is 9.56. The summed E-state index contributed by atoms with van der Waals surface area (Å²) >= 11 is 0. The molecule has 3 aliphatic rings. The molecule has 0 spiro atoms. The van der Waals surface area contributed by atoms with Gasteiger partial charge in [0.2, 0.25) is 5.91 Å². The number of likely N-dealkylation sites (tertiary alicyclic amines) is 1. The van der Waals surface area contributed by atoms with Crippen LogP contribution in [0.5, 0.6) is 0 Å². The molecular formula is C14H18N4O2. The molecule has 0 radical (unpaired) electrons. The number of nitrogens with zero attached hydrogens (tertiary/aromatic N) is 3. The summed E-state index contributed by atoms with van der Waals surface area (Å²) < 4.78 is 0. The van der Waals surface area contributed by atoms with Crippen molar-refractivity contribution in [1.82, 2.24) is 15.3 Å². The molecule has 0 bridgehead atoms. The average molecular weight is 274 g/mol. The van der Waals surface area contributed by atoms with Gasteiger partial charge in [0.15, 0.2) is 11.9 Å². The molecule has 0 aromatic heterocycles. The lowest BCUT2D eigenvalue weighted by Crippen LogP contribution is -2.55. The molecule has 2 atom stereocenters. The van der Waals surface area contributed by atoms with Crippen LogP contribution in [0, 0.1) is 0 Å². The summed E-state index contributed by atoms with van der Waals surface area (Å²) in [5.41, 5.74) is 4.95. The first kappa shape index (κ1) is 13.1. The van der Waals surface area contributed by atoms with Crippen molar-refractivity contribution in [3.63, 3.8) is 0 Å². The van der Waals surface area contributed by atoms with E-state index in [0.29, 0.717) is 13.0 Å². The number of hydrogen-bond acceptors (Lipinski definition) is 5. The average Bonchev–Trinajstić information content (AvgIpc) is 2.37. The Morgan fingerprint density at radius 1 is 1.50 bits per heavy atom. The Labute approximate surface area is 117 Å². The molecule has 3 aliphatic heterocycles. The summed E-state index contributed by atoms with van der Waals surface area (Å²) in [4.78, 5) is 29.7. The summed E-state index contributed by atoms with van der Waals surface area (Å²) in [6.07, 6.45) is 6.91. The van der Waals surface area contributed by atoms with Crippen molar-refractivity contribution < 1.29 is 9.59 Å². The molecule has 3 heterocycles. The molecule has 6 heteroatoms. The van der Waals surface area contributed by atoms with E-state index in [2.05, 4.69) is 21.4 Å². The Hall–Kier alpha value is -1.95. The number of hydrogen-bond donors (Lipinski definition) is 1. The summed E-state index contributed by atoms with van der Waals surface area (Å²) in [5.74, 6) is 0.0621. The molecule has 0 saturated carbocycles. The van der Waals surface area contributed by atoms with Crippen molar-refractivity contribution in [3.05, 3.63) is 23.4 Å². The zero-order valence-corrected chi connectivity index (χ0v) is 11.7. The van der Waals surface area contributed by atoms with Gasteiger partial charge in [-0.3, -0.25) is 29.9 Å². The Morgan fingerprint density at radius 2 is 2.30 bits per heavy atom. The maximum Gasteiger partial charge on any atom is 0.235 e. The highest BCUT2D eigenvalue weighted by atomic mass is 16.2. The maximum absolute atomic E-state index is 11.8. The fourth-order valence-corrected chi connectivity index (χ4v) is 3.17. The lowest BCUT2D eigenvalue weighted by molar-refractivity contribution is -0.123. The Balaban J connectivity index is 2.00. The zero-order valence-electron chi connectivity index (χ0n) is 11.7. The number of amides is 1. The molecule has 1 N–H and O–H groups in total. The SMILES string of the molecule is CC(=O)NN1C=C2CC(=O)CN(C)C2C2=CCC=NC21. The summed E-state index contributed by atoms with van der Waals surface area (Å²) in [7, 11) is 1.96. The third-order valence-electron chi connectivity index (χ3n) is 3.79. The standard InChI is InChI=1S/C14H18N4O2/c1-9(19)16-18-7-10-6-11(20)8-17(2)13(10)12-4-3-5-15-14(12)18/h4-5,7,13-14H,3,6,8H2,1-2H3,(H,16,19). The molecule has 1 amide bonds. The zero-order chi connectivity index (χ0) is 14.3. The van der Waals surface area contributed by atoms with E-state index in [4.69, 9.17) is 0 Å². The molecule has 0 aliphatic carbocycles. The lowest BCUT2D eigenvalue weighted by atomic mass is 9.85. The number of carbonyl (C=O) groups excluding carboxylic acids is 2. The topological polar surface area (TPSA) is 65.0 Å². The molecule has 6 nitrogen and oxygen atoms in total. The van der Waals surface area contributed by atoms with Gasteiger partial charge < -0.3 is 0 Å². The largest absolute Gasteiger partial charge is 0.298 e. The van der Waals surface area contributed by atoms with Crippen molar-refractivity contribution in [3.8, 4) is 0 Å². The number of rotatable bonds is 1. The molecule has 2 unspecified atom stereocenters. The predicted octanol–water partition coefficient (Wildman–Crippen LogP) is 0.237.